The molecule has 0 bridgehead atoms. The van der Waals surface area contributed by atoms with Crippen LogP contribution in [-0.4, -0.2) is 24.7 Å². The Hall–Kier alpha value is -4.13. The zero-order chi connectivity index (χ0) is 21.4. The summed E-state index contributed by atoms with van der Waals surface area (Å²) >= 11 is 0. The van der Waals surface area contributed by atoms with Crippen molar-refractivity contribution in [3.63, 3.8) is 0 Å². The lowest BCUT2D eigenvalue weighted by Gasteiger charge is -2.07. The van der Waals surface area contributed by atoms with Gasteiger partial charge in [0, 0.05) is 59.1 Å². The van der Waals surface area contributed by atoms with Gasteiger partial charge in [-0.3, -0.25) is 19.4 Å². The molecule has 1 aromatic carbocycles. The summed E-state index contributed by atoms with van der Waals surface area (Å²) in [5, 5.41) is 9.42. The average molecular weight is 408 g/mol. The molecule has 0 fully saturated rings. The molecule has 4 heterocycles. The number of pyridine rings is 3. The third-order valence-corrected chi connectivity index (χ3v) is 5.36. The maximum Gasteiger partial charge on any atom is 0.196 e. The third kappa shape index (κ3) is 3.61. The summed E-state index contributed by atoms with van der Waals surface area (Å²) in [5.41, 5.74) is 4.39. The minimum absolute atomic E-state index is 0.0762. The number of nitrogens with one attached hydrogen (secondary N) is 1. The van der Waals surface area contributed by atoms with Gasteiger partial charge < -0.3 is 5.32 Å². The van der Waals surface area contributed by atoms with Crippen LogP contribution in [0.2, 0.25) is 0 Å². The highest BCUT2D eigenvalue weighted by molar-refractivity contribution is 5.93. The minimum atomic E-state index is -0.0762. The number of rotatable bonds is 4. The van der Waals surface area contributed by atoms with Crippen molar-refractivity contribution in [3.05, 3.63) is 88.9 Å². The molecule has 0 amide bonds. The lowest BCUT2D eigenvalue weighted by molar-refractivity contribution is 0.768. The Morgan fingerprint density at radius 1 is 0.968 bits per heavy atom. The monoisotopic (exact) mass is 408 g/mol. The van der Waals surface area contributed by atoms with Gasteiger partial charge in [0.05, 0.1) is 24.0 Å². The fraction of sp³-hybridized carbons (Fsp3) is 0.125. The van der Waals surface area contributed by atoms with Gasteiger partial charge in [0.2, 0.25) is 0 Å². The van der Waals surface area contributed by atoms with Crippen LogP contribution in [0, 0.1) is 6.92 Å². The van der Waals surface area contributed by atoms with Crippen molar-refractivity contribution in [1.29, 1.82) is 0 Å². The van der Waals surface area contributed by atoms with E-state index in [0.717, 1.165) is 27.8 Å². The van der Waals surface area contributed by atoms with Crippen LogP contribution in [-0.2, 0) is 13.6 Å². The van der Waals surface area contributed by atoms with Crippen molar-refractivity contribution in [3.8, 4) is 11.1 Å². The van der Waals surface area contributed by atoms with Crippen molar-refractivity contribution < 1.29 is 0 Å². The second kappa shape index (κ2) is 7.60. The predicted octanol–water partition coefficient (Wildman–Crippen LogP) is 3.86. The fourth-order valence-corrected chi connectivity index (χ4v) is 3.60. The second-order valence-corrected chi connectivity index (χ2v) is 7.50. The molecule has 1 N–H and O–H groups in total. The number of nitrogens with zero attached hydrogens (tertiary/aromatic N) is 5. The lowest BCUT2D eigenvalue weighted by Crippen LogP contribution is -2.06. The lowest BCUT2D eigenvalue weighted by atomic mass is 10.1. The highest BCUT2D eigenvalue weighted by Crippen LogP contribution is 2.22. The van der Waals surface area contributed by atoms with E-state index in [0.29, 0.717) is 28.7 Å². The number of hydrogen-bond acceptors (Lipinski definition) is 6. The largest absolute Gasteiger partial charge is 0.364 e. The zero-order valence-electron chi connectivity index (χ0n) is 17.2. The van der Waals surface area contributed by atoms with Gasteiger partial charge in [0.1, 0.15) is 5.82 Å². The highest BCUT2D eigenvalue weighted by Gasteiger charge is 2.09. The Morgan fingerprint density at radius 2 is 1.87 bits per heavy atom. The fourth-order valence-electron chi connectivity index (χ4n) is 3.60. The SMILES string of the molecule is Cc1cccnc1CNc1cc2c(=O)c3cc(-c4cnn(C)c4)cnc3ccc2cn1. The summed E-state index contributed by atoms with van der Waals surface area (Å²) in [6, 6.07) is 11.4. The number of anilines is 1. The van der Waals surface area contributed by atoms with E-state index < -0.39 is 0 Å². The first-order valence-electron chi connectivity index (χ1n) is 9.95. The van der Waals surface area contributed by atoms with E-state index in [1.165, 1.54) is 0 Å². The van der Waals surface area contributed by atoms with Crippen LogP contribution in [0.4, 0.5) is 5.82 Å². The Labute approximate surface area is 178 Å². The van der Waals surface area contributed by atoms with Crippen LogP contribution >= 0.6 is 0 Å². The van der Waals surface area contributed by atoms with Gasteiger partial charge in [-0.1, -0.05) is 12.1 Å². The van der Waals surface area contributed by atoms with E-state index in [-0.39, 0.29) is 5.43 Å². The molecule has 0 atom stereocenters. The van der Waals surface area contributed by atoms with Crippen LogP contribution in [0.15, 0.2) is 72.2 Å². The van der Waals surface area contributed by atoms with E-state index in [1.807, 2.05) is 50.5 Å². The molecule has 4 aromatic heterocycles. The van der Waals surface area contributed by atoms with Crippen molar-refractivity contribution >= 4 is 27.5 Å². The summed E-state index contributed by atoms with van der Waals surface area (Å²) in [6.45, 7) is 2.55. The van der Waals surface area contributed by atoms with Gasteiger partial charge in [-0.2, -0.15) is 5.10 Å². The molecular weight excluding hydrogens is 388 g/mol. The van der Waals surface area contributed by atoms with E-state index in [1.54, 1.807) is 35.5 Å². The summed E-state index contributed by atoms with van der Waals surface area (Å²) in [7, 11) is 1.86. The molecule has 31 heavy (non-hydrogen) atoms. The molecule has 5 aromatic rings. The molecule has 0 aliphatic heterocycles. The Balaban J connectivity index is 1.59. The Bertz CT molecular complexity index is 1490. The first kappa shape index (κ1) is 18.9. The molecule has 0 spiro atoms. The smallest absolute Gasteiger partial charge is 0.196 e. The molecule has 7 heteroatoms. The number of hydrogen-bond donors (Lipinski definition) is 1. The Kier molecular flexibility index (Phi) is 4.63. The van der Waals surface area contributed by atoms with Crippen molar-refractivity contribution in [1.82, 2.24) is 24.7 Å². The summed E-state index contributed by atoms with van der Waals surface area (Å²) in [4.78, 5) is 26.8. The van der Waals surface area contributed by atoms with Gasteiger partial charge in [0.15, 0.2) is 5.43 Å². The topological polar surface area (TPSA) is 85.6 Å². The van der Waals surface area contributed by atoms with E-state index in [2.05, 4.69) is 25.4 Å². The summed E-state index contributed by atoms with van der Waals surface area (Å²) < 4.78 is 1.73. The van der Waals surface area contributed by atoms with E-state index in [4.69, 9.17) is 0 Å². The molecule has 0 saturated carbocycles. The third-order valence-electron chi connectivity index (χ3n) is 5.36. The van der Waals surface area contributed by atoms with Gasteiger partial charge in [-0.15, -0.1) is 0 Å². The molecule has 0 aliphatic rings. The molecular formula is C24H20N6O. The maximum absolute atomic E-state index is 13.4. The zero-order valence-corrected chi connectivity index (χ0v) is 17.2. The quantitative estimate of drug-likeness (QED) is 0.486. The molecule has 5 rings (SSSR count). The molecule has 0 saturated heterocycles. The summed E-state index contributed by atoms with van der Waals surface area (Å²) in [5.74, 6) is 0.630. The van der Waals surface area contributed by atoms with Crippen LogP contribution < -0.4 is 10.7 Å². The van der Waals surface area contributed by atoms with E-state index in [9.17, 15) is 4.79 Å². The molecule has 7 nitrogen and oxygen atoms in total. The predicted molar refractivity (Wildman–Crippen MR) is 122 cm³/mol. The van der Waals surface area contributed by atoms with Crippen LogP contribution in [0.1, 0.15) is 11.3 Å². The number of fused-ring (bicyclic) bond motifs is 2. The maximum atomic E-state index is 13.4. The molecule has 0 aliphatic carbocycles. The average Bonchev–Trinajstić information content (AvgIpc) is 3.17. The first-order chi connectivity index (χ1) is 15.1. The highest BCUT2D eigenvalue weighted by atomic mass is 16.1. The standard InChI is InChI=1S/C24H20N6O/c1-15-4-3-7-25-22(15)13-28-23-9-19-16(10-27-23)5-6-21-20(24(19)31)8-17(11-26-21)18-12-29-30(2)14-18/h3-12,14H,13H2,1-2H3,(H,27,28). The second-order valence-electron chi connectivity index (χ2n) is 7.50. The Morgan fingerprint density at radius 3 is 2.68 bits per heavy atom. The van der Waals surface area contributed by atoms with Gasteiger partial charge >= 0.3 is 0 Å². The van der Waals surface area contributed by atoms with Crippen molar-refractivity contribution in [2.75, 3.05) is 5.32 Å². The normalized spacial score (nSPS) is 11.2. The van der Waals surface area contributed by atoms with Crippen molar-refractivity contribution in [2.24, 2.45) is 7.05 Å². The molecule has 0 radical (unpaired) electrons. The molecule has 0 unspecified atom stereocenters. The molecule has 152 valence electrons. The van der Waals surface area contributed by atoms with Gasteiger partial charge in [-0.25, -0.2) is 4.98 Å². The van der Waals surface area contributed by atoms with E-state index >= 15 is 0 Å². The number of aromatic nitrogens is 5. The van der Waals surface area contributed by atoms with Crippen LogP contribution in [0.5, 0.6) is 0 Å². The van der Waals surface area contributed by atoms with Crippen LogP contribution in [0.25, 0.3) is 32.8 Å². The minimum Gasteiger partial charge on any atom is -0.364 e. The van der Waals surface area contributed by atoms with Gasteiger partial charge in [0.25, 0.3) is 0 Å². The number of aryl methyl sites for hydroxylation is 2. The van der Waals surface area contributed by atoms with Gasteiger partial charge in [-0.05, 0) is 36.8 Å². The van der Waals surface area contributed by atoms with Crippen molar-refractivity contribution in [2.45, 2.75) is 13.5 Å². The first-order valence-corrected chi connectivity index (χ1v) is 9.95. The summed E-state index contributed by atoms with van der Waals surface area (Å²) in [6.07, 6.45) is 8.92. The van der Waals surface area contributed by atoms with Crippen LogP contribution in [0.3, 0.4) is 0 Å².